The van der Waals surface area contributed by atoms with Gasteiger partial charge in [-0.3, -0.25) is 0 Å². The van der Waals surface area contributed by atoms with Crippen LogP contribution in [0.15, 0.2) is 55.1 Å². The van der Waals surface area contributed by atoms with E-state index in [0.717, 1.165) is 43.2 Å². The summed E-state index contributed by atoms with van der Waals surface area (Å²) in [4.78, 5) is 23.2. The van der Waals surface area contributed by atoms with E-state index in [1.54, 1.807) is 23.3 Å². The smallest absolute Gasteiger partial charge is 0.315 e. The van der Waals surface area contributed by atoms with Gasteiger partial charge in [-0.25, -0.2) is 19.4 Å². The number of morpholine rings is 1. The Balaban J connectivity index is 1.28. The average Bonchev–Trinajstić information content (AvgIpc) is 3.32. The molecule has 29 heavy (non-hydrogen) atoms. The molecule has 0 atom stereocenters. The Labute approximate surface area is 168 Å². The van der Waals surface area contributed by atoms with Crippen molar-refractivity contribution in [3.8, 4) is 5.82 Å². The van der Waals surface area contributed by atoms with Gasteiger partial charge in [0.25, 0.3) is 0 Å². The Morgan fingerprint density at radius 2 is 1.90 bits per heavy atom. The summed E-state index contributed by atoms with van der Waals surface area (Å²) in [6, 6.07) is 9.29. The average molecular weight is 393 g/mol. The lowest BCUT2D eigenvalue weighted by molar-refractivity contribution is 0.122. The third-order valence-corrected chi connectivity index (χ3v) is 4.63. The molecule has 2 amide bonds. The standard InChI is InChI=1S/C20H23N7O2/c28-20(24-15-17-3-1-6-21-19(17)27-8-2-7-25-27)23-14-16-4-5-18(22-13-16)26-9-11-29-12-10-26/h1-8,13H,9-12,14-15H2,(H2,23,24,28). The van der Waals surface area contributed by atoms with Crippen LogP contribution < -0.4 is 15.5 Å². The first-order valence-corrected chi connectivity index (χ1v) is 9.53. The fourth-order valence-corrected chi connectivity index (χ4v) is 3.09. The normalized spacial score (nSPS) is 13.9. The number of hydrogen-bond donors (Lipinski definition) is 2. The second-order valence-corrected chi connectivity index (χ2v) is 6.60. The first-order valence-electron chi connectivity index (χ1n) is 9.53. The Bertz CT molecular complexity index is 922. The number of hydrogen-bond acceptors (Lipinski definition) is 6. The molecule has 0 unspecified atom stereocenters. The fraction of sp³-hybridized carbons (Fsp3) is 0.300. The zero-order chi connectivity index (χ0) is 19.9. The minimum atomic E-state index is -0.252. The quantitative estimate of drug-likeness (QED) is 0.659. The molecule has 0 aromatic carbocycles. The van der Waals surface area contributed by atoms with Crippen molar-refractivity contribution >= 4 is 11.8 Å². The summed E-state index contributed by atoms with van der Waals surface area (Å²) in [6.45, 7) is 3.91. The van der Waals surface area contributed by atoms with E-state index in [9.17, 15) is 4.79 Å². The molecule has 3 aromatic heterocycles. The number of urea groups is 1. The predicted octanol–water partition coefficient (Wildman–Crippen LogP) is 1.50. The molecule has 4 rings (SSSR count). The number of aromatic nitrogens is 4. The van der Waals surface area contributed by atoms with Crippen LogP contribution in [0.25, 0.3) is 5.82 Å². The lowest BCUT2D eigenvalue weighted by atomic mass is 10.2. The highest BCUT2D eigenvalue weighted by Crippen LogP contribution is 2.13. The molecule has 0 aliphatic carbocycles. The van der Waals surface area contributed by atoms with Crippen LogP contribution in [0.1, 0.15) is 11.1 Å². The zero-order valence-corrected chi connectivity index (χ0v) is 16.0. The zero-order valence-electron chi connectivity index (χ0n) is 16.0. The van der Waals surface area contributed by atoms with Crippen molar-refractivity contribution in [2.24, 2.45) is 0 Å². The van der Waals surface area contributed by atoms with Crippen molar-refractivity contribution in [1.82, 2.24) is 30.4 Å². The lowest BCUT2D eigenvalue weighted by Gasteiger charge is -2.27. The van der Waals surface area contributed by atoms with Gasteiger partial charge in [0, 0.05) is 56.5 Å². The van der Waals surface area contributed by atoms with Crippen LogP contribution in [-0.4, -0.2) is 52.1 Å². The number of nitrogens with zero attached hydrogens (tertiary/aromatic N) is 5. The van der Waals surface area contributed by atoms with Gasteiger partial charge in [0.2, 0.25) is 0 Å². The lowest BCUT2D eigenvalue weighted by Crippen LogP contribution is -2.37. The summed E-state index contributed by atoms with van der Waals surface area (Å²) in [6.07, 6.45) is 7.01. The van der Waals surface area contributed by atoms with Crippen molar-refractivity contribution in [3.05, 3.63) is 66.2 Å². The van der Waals surface area contributed by atoms with Gasteiger partial charge in [0.05, 0.1) is 13.2 Å². The van der Waals surface area contributed by atoms with Gasteiger partial charge in [0.1, 0.15) is 5.82 Å². The molecule has 1 aliphatic heterocycles. The monoisotopic (exact) mass is 393 g/mol. The third kappa shape index (κ3) is 4.88. The molecule has 9 nitrogen and oxygen atoms in total. The number of ether oxygens (including phenoxy) is 1. The van der Waals surface area contributed by atoms with E-state index in [2.05, 4.69) is 30.6 Å². The van der Waals surface area contributed by atoms with Gasteiger partial charge in [-0.15, -0.1) is 0 Å². The highest BCUT2D eigenvalue weighted by Gasteiger charge is 2.12. The van der Waals surface area contributed by atoms with Crippen LogP contribution in [0.5, 0.6) is 0 Å². The number of pyridine rings is 2. The largest absolute Gasteiger partial charge is 0.378 e. The van der Waals surface area contributed by atoms with Crippen LogP contribution >= 0.6 is 0 Å². The third-order valence-electron chi connectivity index (χ3n) is 4.63. The Hall–Kier alpha value is -3.46. The highest BCUT2D eigenvalue weighted by molar-refractivity contribution is 5.73. The minimum Gasteiger partial charge on any atom is -0.378 e. The number of carbonyl (C=O) groups excluding carboxylic acids is 1. The minimum absolute atomic E-state index is 0.252. The molecule has 9 heteroatoms. The number of rotatable bonds is 6. The van der Waals surface area contributed by atoms with E-state index in [-0.39, 0.29) is 6.03 Å². The maximum Gasteiger partial charge on any atom is 0.315 e. The maximum absolute atomic E-state index is 12.2. The number of anilines is 1. The molecule has 0 radical (unpaired) electrons. The van der Waals surface area contributed by atoms with Gasteiger partial charge in [-0.05, 0) is 23.8 Å². The molecule has 150 valence electrons. The second kappa shape index (κ2) is 9.16. The van der Waals surface area contributed by atoms with Crippen molar-refractivity contribution < 1.29 is 9.53 Å². The summed E-state index contributed by atoms with van der Waals surface area (Å²) in [5.41, 5.74) is 1.82. The number of carbonyl (C=O) groups is 1. The van der Waals surface area contributed by atoms with Gasteiger partial charge in [-0.1, -0.05) is 12.1 Å². The van der Waals surface area contributed by atoms with E-state index < -0.39 is 0 Å². The number of nitrogens with one attached hydrogen (secondary N) is 2. The van der Waals surface area contributed by atoms with Crippen molar-refractivity contribution in [3.63, 3.8) is 0 Å². The summed E-state index contributed by atoms with van der Waals surface area (Å²) < 4.78 is 7.04. The Morgan fingerprint density at radius 1 is 1.03 bits per heavy atom. The molecule has 4 heterocycles. The van der Waals surface area contributed by atoms with Gasteiger partial charge in [-0.2, -0.15) is 5.10 Å². The predicted molar refractivity (Wildman–Crippen MR) is 108 cm³/mol. The summed E-state index contributed by atoms with van der Waals surface area (Å²) in [5, 5.41) is 9.92. The fourth-order valence-electron chi connectivity index (χ4n) is 3.09. The second-order valence-electron chi connectivity index (χ2n) is 6.60. The van der Waals surface area contributed by atoms with Gasteiger partial charge >= 0.3 is 6.03 Å². The van der Waals surface area contributed by atoms with E-state index in [0.29, 0.717) is 18.9 Å². The van der Waals surface area contributed by atoms with Gasteiger partial charge in [0.15, 0.2) is 5.82 Å². The van der Waals surface area contributed by atoms with Crippen molar-refractivity contribution in [2.45, 2.75) is 13.1 Å². The molecule has 0 saturated carbocycles. The Kier molecular flexibility index (Phi) is 5.96. The maximum atomic E-state index is 12.2. The topological polar surface area (TPSA) is 97.2 Å². The van der Waals surface area contributed by atoms with Crippen LogP contribution in [0.3, 0.4) is 0 Å². The highest BCUT2D eigenvalue weighted by atomic mass is 16.5. The van der Waals surface area contributed by atoms with E-state index in [1.165, 1.54) is 0 Å². The SMILES string of the molecule is O=C(NCc1ccc(N2CCOCC2)nc1)NCc1cccnc1-n1cccn1. The van der Waals surface area contributed by atoms with Gasteiger partial charge < -0.3 is 20.3 Å². The van der Waals surface area contributed by atoms with Crippen LogP contribution in [-0.2, 0) is 17.8 Å². The summed E-state index contributed by atoms with van der Waals surface area (Å²) >= 11 is 0. The number of amides is 2. The first-order chi connectivity index (χ1) is 14.3. The molecule has 1 aliphatic rings. The van der Waals surface area contributed by atoms with Crippen LogP contribution in [0.2, 0.25) is 0 Å². The van der Waals surface area contributed by atoms with Crippen molar-refractivity contribution in [2.75, 3.05) is 31.2 Å². The van der Waals surface area contributed by atoms with E-state index in [1.807, 2.05) is 36.5 Å². The molecule has 1 saturated heterocycles. The van der Waals surface area contributed by atoms with E-state index >= 15 is 0 Å². The van der Waals surface area contributed by atoms with Crippen LogP contribution in [0, 0.1) is 0 Å². The molecular weight excluding hydrogens is 370 g/mol. The molecular formula is C20H23N7O2. The molecule has 0 spiro atoms. The first kappa shape index (κ1) is 18.9. The molecule has 2 N–H and O–H groups in total. The summed E-state index contributed by atoms with van der Waals surface area (Å²) in [7, 11) is 0. The van der Waals surface area contributed by atoms with E-state index in [4.69, 9.17) is 4.74 Å². The molecule has 0 bridgehead atoms. The van der Waals surface area contributed by atoms with Crippen molar-refractivity contribution in [1.29, 1.82) is 0 Å². The summed E-state index contributed by atoms with van der Waals surface area (Å²) in [5.74, 6) is 1.63. The molecule has 1 fully saturated rings. The van der Waals surface area contributed by atoms with Crippen LogP contribution in [0.4, 0.5) is 10.6 Å². The molecule has 3 aromatic rings. The Morgan fingerprint density at radius 3 is 2.66 bits per heavy atom.